The molecule has 1 fully saturated rings. The van der Waals surface area contributed by atoms with Crippen LogP contribution in [0.25, 0.3) is 0 Å². The van der Waals surface area contributed by atoms with E-state index in [-0.39, 0.29) is 0 Å². The average Bonchev–Trinajstić information content (AvgIpc) is 2.83. The SMILES string of the molecule is CCC1(CNCc2nc(C)ccc2O)CCCC1. The Bertz CT molecular complexity index is 397. The molecule has 1 aromatic rings. The van der Waals surface area contributed by atoms with Crippen LogP contribution in [0.4, 0.5) is 0 Å². The van der Waals surface area contributed by atoms with Crippen LogP contribution in [-0.2, 0) is 6.54 Å². The molecule has 0 bridgehead atoms. The van der Waals surface area contributed by atoms with E-state index < -0.39 is 0 Å². The second kappa shape index (κ2) is 5.70. The van der Waals surface area contributed by atoms with Crippen LogP contribution >= 0.6 is 0 Å². The van der Waals surface area contributed by atoms with E-state index in [9.17, 15) is 5.11 Å². The molecule has 0 spiro atoms. The third-order valence-corrected chi connectivity index (χ3v) is 4.30. The zero-order valence-corrected chi connectivity index (χ0v) is 11.5. The Morgan fingerprint density at radius 3 is 2.72 bits per heavy atom. The number of rotatable bonds is 5. The molecule has 3 nitrogen and oxygen atoms in total. The number of pyridine rings is 1. The maximum absolute atomic E-state index is 9.75. The van der Waals surface area contributed by atoms with Gasteiger partial charge in [0.1, 0.15) is 5.75 Å². The quantitative estimate of drug-likeness (QED) is 0.841. The van der Waals surface area contributed by atoms with Crippen LogP contribution in [0.5, 0.6) is 5.75 Å². The van der Waals surface area contributed by atoms with Gasteiger partial charge in [0.15, 0.2) is 0 Å². The van der Waals surface area contributed by atoms with Crippen molar-refractivity contribution in [1.82, 2.24) is 10.3 Å². The van der Waals surface area contributed by atoms with E-state index in [1.807, 2.05) is 13.0 Å². The summed E-state index contributed by atoms with van der Waals surface area (Å²) in [4.78, 5) is 4.37. The van der Waals surface area contributed by atoms with Crippen LogP contribution in [0, 0.1) is 12.3 Å². The Labute approximate surface area is 110 Å². The summed E-state index contributed by atoms with van der Waals surface area (Å²) < 4.78 is 0. The third-order valence-electron chi connectivity index (χ3n) is 4.30. The van der Waals surface area contributed by atoms with Gasteiger partial charge in [0.05, 0.1) is 5.69 Å². The van der Waals surface area contributed by atoms with E-state index in [1.165, 1.54) is 32.1 Å². The Kier molecular flexibility index (Phi) is 4.23. The molecule has 0 unspecified atom stereocenters. The number of aryl methyl sites for hydroxylation is 1. The number of hydrogen-bond donors (Lipinski definition) is 2. The van der Waals surface area contributed by atoms with Crippen molar-refractivity contribution >= 4 is 0 Å². The van der Waals surface area contributed by atoms with Crippen molar-refractivity contribution < 1.29 is 5.11 Å². The van der Waals surface area contributed by atoms with Gasteiger partial charge < -0.3 is 10.4 Å². The summed E-state index contributed by atoms with van der Waals surface area (Å²) in [6, 6.07) is 3.56. The Balaban J connectivity index is 1.89. The summed E-state index contributed by atoms with van der Waals surface area (Å²) in [6.45, 7) is 5.94. The molecule has 0 saturated heterocycles. The molecule has 1 saturated carbocycles. The summed E-state index contributed by atoms with van der Waals surface area (Å²) >= 11 is 0. The molecule has 0 radical (unpaired) electrons. The lowest BCUT2D eigenvalue weighted by Gasteiger charge is -2.27. The van der Waals surface area contributed by atoms with E-state index >= 15 is 0 Å². The van der Waals surface area contributed by atoms with Gasteiger partial charge in [0, 0.05) is 18.8 Å². The van der Waals surface area contributed by atoms with Gasteiger partial charge in [0.2, 0.25) is 0 Å². The van der Waals surface area contributed by atoms with E-state index in [4.69, 9.17) is 0 Å². The van der Waals surface area contributed by atoms with Crippen LogP contribution in [0.15, 0.2) is 12.1 Å². The molecule has 18 heavy (non-hydrogen) atoms. The topological polar surface area (TPSA) is 45.2 Å². The molecular formula is C15H24N2O. The van der Waals surface area contributed by atoms with Gasteiger partial charge in [-0.2, -0.15) is 0 Å². The highest BCUT2D eigenvalue weighted by Gasteiger charge is 2.31. The standard InChI is InChI=1S/C15H24N2O/c1-3-15(8-4-5-9-15)11-16-10-13-14(18)7-6-12(2)17-13/h6-7,16,18H,3-5,8-11H2,1-2H3. The first kappa shape index (κ1) is 13.3. The molecule has 0 amide bonds. The highest BCUT2D eigenvalue weighted by Crippen LogP contribution is 2.40. The van der Waals surface area contributed by atoms with Crippen molar-refractivity contribution in [2.75, 3.05) is 6.54 Å². The number of hydrogen-bond acceptors (Lipinski definition) is 3. The van der Waals surface area contributed by atoms with Gasteiger partial charge in [0.25, 0.3) is 0 Å². The first-order valence-electron chi connectivity index (χ1n) is 7.01. The molecule has 1 aliphatic carbocycles. The second-order valence-electron chi connectivity index (χ2n) is 5.58. The maximum Gasteiger partial charge on any atom is 0.138 e. The molecule has 100 valence electrons. The van der Waals surface area contributed by atoms with Crippen LogP contribution < -0.4 is 5.32 Å². The average molecular weight is 248 g/mol. The van der Waals surface area contributed by atoms with Gasteiger partial charge in [-0.15, -0.1) is 0 Å². The summed E-state index contributed by atoms with van der Waals surface area (Å²) in [5, 5.41) is 13.2. The molecule has 0 aromatic carbocycles. The van der Waals surface area contributed by atoms with E-state index in [2.05, 4.69) is 17.2 Å². The highest BCUT2D eigenvalue weighted by atomic mass is 16.3. The monoisotopic (exact) mass is 248 g/mol. The molecular weight excluding hydrogens is 224 g/mol. The fraction of sp³-hybridized carbons (Fsp3) is 0.667. The lowest BCUT2D eigenvalue weighted by Crippen LogP contribution is -2.31. The third kappa shape index (κ3) is 3.02. The van der Waals surface area contributed by atoms with Crippen LogP contribution in [0.3, 0.4) is 0 Å². The normalized spacial score (nSPS) is 18.1. The van der Waals surface area contributed by atoms with Gasteiger partial charge >= 0.3 is 0 Å². The highest BCUT2D eigenvalue weighted by molar-refractivity contribution is 5.27. The Morgan fingerprint density at radius 2 is 2.06 bits per heavy atom. The molecule has 1 aliphatic rings. The molecule has 1 aromatic heterocycles. The summed E-state index contributed by atoms with van der Waals surface area (Å²) in [7, 11) is 0. The smallest absolute Gasteiger partial charge is 0.138 e. The van der Waals surface area contributed by atoms with E-state index in [1.54, 1.807) is 6.07 Å². The van der Waals surface area contributed by atoms with Crippen molar-refractivity contribution in [3.63, 3.8) is 0 Å². The molecule has 0 atom stereocenters. The minimum Gasteiger partial charge on any atom is -0.506 e. The van der Waals surface area contributed by atoms with Crippen molar-refractivity contribution in [3.05, 3.63) is 23.5 Å². The Morgan fingerprint density at radius 1 is 1.33 bits per heavy atom. The zero-order chi connectivity index (χ0) is 13.0. The minimum atomic E-state index is 0.296. The minimum absolute atomic E-state index is 0.296. The zero-order valence-electron chi connectivity index (χ0n) is 11.5. The summed E-state index contributed by atoms with van der Waals surface area (Å²) in [6.07, 6.45) is 6.65. The van der Waals surface area contributed by atoms with Crippen molar-refractivity contribution in [1.29, 1.82) is 0 Å². The van der Waals surface area contributed by atoms with Crippen molar-refractivity contribution in [2.24, 2.45) is 5.41 Å². The predicted molar refractivity (Wildman–Crippen MR) is 73.5 cm³/mol. The fourth-order valence-corrected chi connectivity index (χ4v) is 2.96. The van der Waals surface area contributed by atoms with Gasteiger partial charge in [-0.25, -0.2) is 0 Å². The van der Waals surface area contributed by atoms with Crippen LogP contribution in [0.2, 0.25) is 0 Å². The molecule has 1 heterocycles. The van der Waals surface area contributed by atoms with Crippen molar-refractivity contribution in [2.45, 2.75) is 52.5 Å². The number of aromatic nitrogens is 1. The summed E-state index contributed by atoms with van der Waals surface area (Å²) in [5.41, 5.74) is 2.20. The Hall–Kier alpha value is -1.09. The van der Waals surface area contributed by atoms with Crippen LogP contribution in [-0.4, -0.2) is 16.6 Å². The largest absolute Gasteiger partial charge is 0.506 e. The van der Waals surface area contributed by atoms with Gasteiger partial charge in [-0.3, -0.25) is 4.98 Å². The fourth-order valence-electron chi connectivity index (χ4n) is 2.96. The number of nitrogens with zero attached hydrogens (tertiary/aromatic N) is 1. The first-order chi connectivity index (χ1) is 8.65. The first-order valence-corrected chi connectivity index (χ1v) is 7.01. The number of nitrogens with one attached hydrogen (secondary N) is 1. The van der Waals surface area contributed by atoms with Crippen LogP contribution in [0.1, 0.15) is 50.4 Å². The number of aromatic hydroxyl groups is 1. The van der Waals surface area contributed by atoms with E-state index in [0.717, 1.165) is 17.9 Å². The molecule has 2 rings (SSSR count). The second-order valence-corrected chi connectivity index (χ2v) is 5.58. The molecule has 0 aliphatic heterocycles. The lowest BCUT2D eigenvalue weighted by atomic mass is 9.83. The maximum atomic E-state index is 9.75. The lowest BCUT2D eigenvalue weighted by molar-refractivity contribution is 0.267. The molecule has 2 N–H and O–H groups in total. The van der Waals surface area contributed by atoms with Gasteiger partial charge in [-0.1, -0.05) is 19.8 Å². The summed E-state index contributed by atoms with van der Waals surface area (Å²) in [5.74, 6) is 0.296. The molecule has 3 heteroatoms. The van der Waals surface area contributed by atoms with Gasteiger partial charge in [-0.05, 0) is 43.7 Å². The van der Waals surface area contributed by atoms with E-state index in [0.29, 0.717) is 17.7 Å². The predicted octanol–water partition coefficient (Wildman–Crippen LogP) is 3.16. The van der Waals surface area contributed by atoms with Crippen molar-refractivity contribution in [3.8, 4) is 5.75 Å².